The summed E-state index contributed by atoms with van der Waals surface area (Å²) in [5, 5.41) is 10.1. The van der Waals surface area contributed by atoms with E-state index < -0.39 is 47.8 Å². The lowest BCUT2D eigenvalue weighted by Gasteiger charge is -2.10. The number of hydrogen-bond acceptors (Lipinski definition) is 1. The van der Waals surface area contributed by atoms with Crippen LogP contribution >= 0.6 is 15.9 Å². The van der Waals surface area contributed by atoms with Crippen LogP contribution in [-0.2, 0) is 0 Å². The highest BCUT2D eigenvalue weighted by Gasteiger charge is 2.14. The Morgan fingerprint density at radius 3 is 2.68 bits per heavy atom. The number of fused-ring (bicyclic) bond motifs is 1. The van der Waals surface area contributed by atoms with Crippen molar-refractivity contribution in [3.05, 3.63) is 64.7 Å². The number of halogens is 2. The van der Waals surface area contributed by atoms with Gasteiger partial charge in [0.1, 0.15) is 11.6 Å². The normalized spacial score (nSPS) is 15.3. The number of aromatic hydroxyl groups is 1. The van der Waals surface area contributed by atoms with Crippen LogP contribution in [0.5, 0.6) is 5.75 Å². The summed E-state index contributed by atoms with van der Waals surface area (Å²) < 4.78 is 62.2. The predicted molar refractivity (Wildman–Crippen MR) is 78.7 cm³/mol. The Morgan fingerprint density at radius 2 is 1.89 bits per heavy atom. The van der Waals surface area contributed by atoms with Crippen molar-refractivity contribution in [2.24, 2.45) is 0 Å². The summed E-state index contributed by atoms with van der Waals surface area (Å²) >= 11 is 3.15. The van der Waals surface area contributed by atoms with Crippen LogP contribution in [0.1, 0.15) is 8.22 Å². The molecule has 0 amide bonds. The third-order valence-electron chi connectivity index (χ3n) is 2.69. The van der Waals surface area contributed by atoms with Crippen LogP contribution in [0.4, 0.5) is 4.39 Å². The molecule has 0 unspecified atom stereocenters. The molecule has 0 saturated carbocycles. The monoisotopic (exact) mass is 322 g/mol. The van der Waals surface area contributed by atoms with Crippen LogP contribution in [0.25, 0.3) is 21.9 Å². The van der Waals surface area contributed by atoms with Gasteiger partial charge >= 0.3 is 0 Å². The largest absolute Gasteiger partial charge is 0.507 e. The van der Waals surface area contributed by atoms with Crippen molar-refractivity contribution >= 4 is 26.7 Å². The highest BCUT2D eigenvalue weighted by atomic mass is 79.9. The Kier molecular flexibility index (Phi) is 1.73. The first-order chi connectivity index (χ1) is 11.7. The molecule has 0 spiro atoms. The Balaban J connectivity index is 2.62. The molecule has 0 radical (unpaired) electrons. The average Bonchev–Trinajstić information content (AvgIpc) is 2.56. The molecule has 0 aromatic heterocycles. The fourth-order valence-corrected chi connectivity index (χ4v) is 2.35. The van der Waals surface area contributed by atoms with Gasteiger partial charge < -0.3 is 5.11 Å². The van der Waals surface area contributed by atoms with E-state index in [1.807, 2.05) is 0 Å². The number of benzene rings is 3. The zero-order valence-corrected chi connectivity index (χ0v) is 11.0. The van der Waals surface area contributed by atoms with E-state index in [0.29, 0.717) is 0 Å². The molecular formula is C16H10BrFO. The number of hydrogen-bond donors (Lipinski definition) is 1. The standard InChI is InChI=1S/C16H10BrFO/c17-13-6-3-7-14(18)15(13)12-9-8-10-4-1-2-5-11(10)16(12)19/h1-9,19H/i1D,2D,4D,5D,8D,9D. The van der Waals surface area contributed by atoms with E-state index in [9.17, 15) is 9.50 Å². The topological polar surface area (TPSA) is 20.2 Å². The van der Waals surface area contributed by atoms with Crippen molar-refractivity contribution in [3.63, 3.8) is 0 Å². The van der Waals surface area contributed by atoms with E-state index in [0.717, 1.165) is 6.07 Å². The fraction of sp³-hybridized carbons (Fsp3) is 0. The van der Waals surface area contributed by atoms with Gasteiger partial charge in [-0.05, 0) is 23.6 Å². The Morgan fingerprint density at radius 1 is 1.11 bits per heavy atom. The van der Waals surface area contributed by atoms with Crippen LogP contribution < -0.4 is 0 Å². The molecule has 0 aliphatic rings. The lowest BCUT2D eigenvalue weighted by Crippen LogP contribution is -1.87. The van der Waals surface area contributed by atoms with Gasteiger partial charge in [-0.25, -0.2) is 4.39 Å². The number of phenolic OH excluding ortho intramolecular Hbond substituents is 1. The fourth-order valence-electron chi connectivity index (χ4n) is 1.81. The minimum Gasteiger partial charge on any atom is -0.507 e. The maximum atomic E-state index is 14.3. The Bertz CT molecular complexity index is 1030. The molecule has 0 atom stereocenters. The third-order valence-corrected chi connectivity index (χ3v) is 3.35. The second-order valence-electron chi connectivity index (χ2n) is 3.82. The quantitative estimate of drug-likeness (QED) is 0.659. The molecule has 0 saturated heterocycles. The second-order valence-corrected chi connectivity index (χ2v) is 4.67. The van der Waals surface area contributed by atoms with Crippen molar-refractivity contribution in [1.29, 1.82) is 0 Å². The molecule has 0 bridgehead atoms. The van der Waals surface area contributed by atoms with Gasteiger partial charge in [0.15, 0.2) is 0 Å². The van der Waals surface area contributed by atoms with Gasteiger partial charge in [0, 0.05) is 21.0 Å². The second kappa shape index (κ2) is 4.67. The molecule has 0 aliphatic carbocycles. The van der Waals surface area contributed by atoms with Gasteiger partial charge in [0.05, 0.1) is 8.22 Å². The van der Waals surface area contributed by atoms with Gasteiger partial charge in [-0.15, -0.1) is 0 Å². The summed E-state index contributed by atoms with van der Waals surface area (Å²) in [6, 6.07) is 0.815. The molecule has 1 nitrogen and oxygen atoms in total. The highest BCUT2D eigenvalue weighted by Crippen LogP contribution is 2.40. The van der Waals surface area contributed by atoms with Crippen LogP contribution in [0, 0.1) is 5.82 Å². The summed E-state index contributed by atoms with van der Waals surface area (Å²) in [4.78, 5) is 0. The molecule has 3 heteroatoms. The predicted octanol–water partition coefficient (Wildman–Crippen LogP) is 5.11. The summed E-state index contributed by atoms with van der Waals surface area (Å²) in [6.07, 6.45) is 0. The molecular weight excluding hydrogens is 307 g/mol. The molecule has 0 aliphatic heterocycles. The minimum absolute atomic E-state index is 0.146. The lowest BCUT2D eigenvalue weighted by molar-refractivity contribution is 0.483. The molecule has 3 aromatic carbocycles. The minimum atomic E-state index is -0.738. The van der Waals surface area contributed by atoms with Gasteiger partial charge in [-0.3, -0.25) is 0 Å². The number of rotatable bonds is 1. The first-order valence-electron chi connectivity index (χ1n) is 8.35. The SMILES string of the molecule is [2H]c1c([2H])c([2H])c2c(O)c(-c3c(F)cccc3Br)c([2H])c([2H])c2c1[2H]. The zero-order valence-electron chi connectivity index (χ0n) is 15.4. The van der Waals surface area contributed by atoms with Gasteiger partial charge in [-0.2, -0.15) is 0 Å². The maximum Gasteiger partial charge on any atom is 0.132 e. The van der Waals surface area contributed by atoms with Crippen LogP contribution in [0.3, 0.4) is 0 Å². The molecule has 0 heterocycles. The van der Waals surface area contributed by atoms with Crippen molar-refractivity contribution in [2.75, 3.05) is 0 Å². The first kappa shape index (κ1) is 7.06. The Labute approximate surface area is 126 Å². The van der Waals surface area contributed by atoms with Crippen molar-refractivity contribution < 1.29 is 17.7 Å². The molecule has 94 valence electrons. The number of phenols is 1. The smallest absolute Gasteiger partial charge is 0.132 e. The molecule has 3 rings (SSSR count). The van der Waals surface area contributed by atoms with Crippen molar-refractivity contribution in [1.82, 2.24) is 0 Å². The highest BCUT2D eigenvalue weighted by molar-refractivity contribution is 9.10. The van der Waals surface area contributed by atoms with Crippen molar-refractivity contribution in [2.45, 2.75) is 0 Å². The van der Waals surface area contributed by atoms with E-state index in [2.05, 4.69) is 15.9 Å². The van der Waals surface area contributed by atoms with E-state index in [4.69, 9.17) is 8.22 Å². The van der Waals surface area contributed by atoms with Gasteiger partial charge in [0.2, 0.25) is 0 Å². The van der Waals surface area contributed by atoms with Crippen LogP contribution in [-0.4, -0.2) is 5.11 Å². The van der Waals surface area contributed by atoms with Gasteiger partial charge in [-0.1, -0.05) is 52.2 Å². The zero-order chi connectivity index (χ0) is 18.6. The first-order valence-corrected chi connectivity index (χ1v) is 6.14. The summed E-state index contributed by atoms with van der Waals surface area (Å²) in [7, 11) is 0. The van der Waals surface area contributed by atoms with E-state index in [1.165, 1.54) is 12.1 Å². The van der Waals surface area contributed by atoms with Crippen LogP contribution in [0.15, 0.2) is 58.9 Å². The maximum absolute atomic E-state index is 14.3. The summed E-state index contributed by atoms with van der Waals surface area (Å²) in [5.74, 6) is -1.40. The van der Waals surface area contributed by atoms with E-state index in [-0.39, 0.29) is 26.4 Å². The van der Waals surface area contributed by atoms with E-state index in [1.54, 1.807) is 0 Å². The summed E-state index contributed by atoms with van der Waals surface area (Å²) in [5.41, 5.74) is -0.444. The Hall–Kier alpha value is -1.87. The summed E-state index contributed by atoms with van der Waals surface area (Å²) in [6.45, 7) is 0. The van der Waals surface area contributed by atoms with Crippen molar-refractivity contribution in [3.8, 4) is 16.9 Å². The molecule has 0 fully saturated rings. The molecule has 3 aromatic rings. The van der Waals surface area contributed by atoms with Crippen LogP contribution in [0.2, 0.25) is 0 Å². The lowest BCUT2D eigenvalue weighted by atomic mass is 9.99. The third kappa shape index (κ3) is 2.00. The van der Waals surface area contributed by atoms with E-state index >= 15 is 0 Å². The molecule has 1 N–H and O–H groups in total. The molecule has 19 heavy (non-hydrogen) atoms. The average molecular weight is 323 g/mol. The van der Waals surface area contributed by atoms with Gasteiger partial charge in [0.25, 0.3) is 0 Å².